The number of carbonyl (C=O) groups excluding carboxylic acids is 2. The first-order chi connectivity index (χ1) is 15.2. The number of methoxy groups -OCH3 is 1. The number of nitrogens with zero attached hydrogens (tertiary/aromatic N) is 3. The van der Waals surface area contributed by atoms with Crippen molar-refractivity contribution < 1.29 is 27.5 Å². The monoisotopic (exact) mass is 454 g/mol. The Morgan fingerprint density at radius 2 is 1.88 bits per heavy atom. The topological polar surface area (TPSA) is 66.8 Å². The van der Waals surface area contributed by atoms with Gasteiger partial charge in [0.15, 0.2) is 0 Å². The lowest BCUT2D eigenvalue weighted by molar-refractivity contribution is -0.137. The Morgan fingerprint density at radius 3 is 2.47 bits per heavy atom. The fourth-order valence-corrected chi connectivity index (χ4v) is 3.11. The van der Waals surface area contributed by atoms with Crippen LogP contribution in [0.3, 0.4) is 0 Å². The van der Waals surface area contributed by atoms with Crippen LogP contribution >= 0.6 is 0 Å². The molecule has 3 amide bonds. The molecule has 0 fully saturated rings. The number of ether oxygens (including phenoxy) is 1. The summed E-state index contributed by atoms with van der Waals surface area (Å²) in [5.74, 6) is -0.282. The van der Waals surface area contributed by atoms with Gasteiger partial charge in [0.05, 0.1) is 18.7 Å². The lowest BCUT2D eigenvalue weighted by atomic mass is 10.2. The SMILES string of the molecule is CCCN(CC(=O)N(CCOC)Cc1cccn1C)C(=O)Nc1cccc(C(F)(F)F)c1. The predicted octanol–water partition coefficient (Wildman–Crippen LogP) is 3.96. The molecule has 176 valence electrons. The number of hydrogen-bond donors (Lipinski definition) is 1. The van der Waals surface area contributed by atoms with Gasteiger partial charge in [-0.2, -0.15) is 13.2 Å². The number of benzene rings is 1. The van der Waals surface area contributed by atoms with Crippen molar-refractivity contribution in [3.05, 3.63) is 53.9 Å². The fraction of sp³-hybridized carbons (Fsp3) is 0.455. The predicted molar refractivity (Wildman–Crippen MR) is 115 cm³/mol. The van der Waals surface area contributed by atoms with E-state index < -0.39 is 17.8 Å². The van der Waals surface area contributed by atoms with Gasteiger partial charge in [-0.15, -0.1) is 0 Å². The molecule has 10 heteroatoms. The Kier molecular flexibility index (Phi) is 9.13. The minimum atomic E-state index is -4.52. The van der Waals surface area contributed by atoms with Crippen LogP contribution in [0.2, 0.25) is 0 Å². The summed E-state index contributed by atoms with van der Waals surface area (Å²) in [4.78, 5) is 28.6. The molecule has 0 atom stereocenters. The quantitative estimate of drug-likeness (QED) is 0.591. The average molecular weight is 454 g/mol. The van der Waals surface area contributed by atoms with Gasteiger partial charge in [-0.3, -0.25) is 4.79 Å². The highest BCUT2D eigenvalue weighted by Crippen LogP contribution is 2.30. The summed E-state index contributed by atoms with van der Waals surface area (Å²) in [6, 6.07) is 7.53. The maximum atomic E-state index is 13.0. The van der Waals surface area contributed by atoms with E-state index in [1.165, 1.54) is 24.1 Å². The van der Waals surface area contributed by atoms with Crippen molar-refractivity contribution in [2.24, 2.45) is 7.05 Å². The maximum absolute atomic E-state index is 13.0. The molecule has 0 aliphatic heterocycles. The van der Waals surface area contributed by atoms with Gasteiger partial charge in [-0.1, -0.05) is 13.0 Å². The van der Waals surface area contributed by atoms with Crippen LogP contribution in [0.1, 0.15) is 24.6 Å². The lowest BCUT2D eigenvalue weighted by Crippen LogP contribution is -2.45. The van der Waals surface area contributed by atoms with Gasteiger partial charge in [0.2, 0.25) is 5.91 Å². The number of alkyl halides is 3. The maximum Gasteiger partial charge on any atom is 0.416 e. The van der Waals surface area contributed by atoms with E-state index in [4.69, 9.17) is 4.74 Å². The summed E-state index contributed by atoms with van der Waals surface area (Å²) in [5.41, 5.74) is 0.0741. The Bertz CT molecular complexity index is 899. The normalized spacial score (nSPS) is 11.3. The first-order valence-electron chi connectivity index (χ1n) is 10.3. The van der Waals surface area contributed by atoms with Gasteiger partial charge in [-0.05, 0) is 36.8 Å². The highest BCUT2D eigenvalue weighted by Gasteiger charge is 2.30. The van der Waals surface area contributed by atoms with E-state index in [1.807, 2.05) is 36.9 Å². The van der Waals surface area contributed by atoms with Gasteiger partial charge in [0, 0.05) is 44.8 Å². The van der Waals surface area contributed by atoms with E-state index in [0.717, 1.165) is 17.8 Å². The van der Waals surface area contributed by atoms with Crippen molar-refractivity contribution in [2.45, 2.75) is 26.1 Å². The molecule has 1 heterocycles. The van der Waals surface area contributed by atoms with Crippen LogP contribution in [0, 0.1) is 0 Å². The molecule has 0 saturated carbocycles. The number of aryl methyl sites for hydroxylation is 1. The molecular formula is C22H29F3N4O3. The largest absolute Gasteiger partial charge is 0.416 e. The number of amides is 3. The number of aromatic nitrogens is 1. The van der Waals surface area contributed by atoms with E-state index in [9.17, 15) is 22.8 Å². The highest BCUT2D eigenvalue weighted by atomic mass is 19.4. The molecule has 32 heavy (non-hydrogen) atoms. The van der Waals surface area contributed by atoms with Crippen LogP contribution in [-0.2, 0) is 29.3 Å². The van der Waals surface area contributed by atoms with Crippen molar-refractivity contribution >= 4 is 17.6 Å². The number of halogens is 3. The van der Waals surface area contributed by atoms with Crippen molar-refractivity contribution in [3.63, 3.8) is 0 Å². The van der Waals surface area contributed by atoms with Crippen LogP contribution in [0.25, 0.3) is 0 Å². The Hall–Kier alpha value is -3.01. The second-order valence-corrected chi connectivity index (χ2v) is 7.35. The molecule has 1 aromatic carbocycles. The molecule has 0 saturated heterocycles. The van der Waals surface area contributed by atoms with Crippen molar-refractivity contribution in [1.29, 1.82) is 0 Å². The third kappa shape index (κ3) is 7.30. The van der Waals surface area contributed by atoms with Crippen LogP contribution in [0.15, 0.2) is 42.6 Å². The van der Waals surface area contributed by atoms with E-state index in [2.05, 4.69) is 5.32 Å². The number of rotatable bonds is 10. The van der Waals surface area contributed by atoms with Crippen molar-refractivity contribution in [2.75, 3.05) is 38.7 Å². The molecule has 0 radical (unpaired) electrons. The highest BCUT2D eigenvalue weighted by molar-refractivity contribution is 5.92. The molecule has 0 bridgehead atoms. The zero-order valence-corrected chi connectivity index (χ0v) is 18.5. The number of carbonyl (C=O) groups is 2. The minimum Gasteiger partial charge on any atom is -0.383 e. The molecule has 0 aliphatic rings. The van der Waals surface area contributed by atoms with Crippen LogP contribution in [0.5, 0.6) is 0 Å². The molecule has 1 N–H and O–H groups in total. The summed E-state index contributed by atoms with van der Waals surface area (Å²) in [7, 11) is 3.41. The Balaban J connectivity index is 2.11. The van der Waals surface area contributed by atoms with Gasteiger partial charge in [0.25, 0.3) is 0 Å². The van der Waals surface area contributed by atoms with Gasteiger partial charge >= 0.3 is 12.2 Å². The second kappa shape index (κ2) is 11.6. The molecule has 0 aliphatic carbocycles. The average Bonchev–Trinajstić information content (AvgIpc) is 3.14. The second-order valence-electron chi connectivity index (χ2n) is 7.35. The molecule has 0 spiro atoms. The molecule has 1 aromatic heterocycles. The molecule has 0 unspecified atom stereocenters. The van der Waals surface area contributed by atoms with E-state index >= 15 is 0 Å². The smallest absolute Gasteiger partial charge is 0.383 e. The zero-order valence-electron chi connectivity index (χ0n) is 18.5. The fourth-order valence-electron chi connectivity index (χ4n) is 3.11. The zero-order chi connectivity index (χ0) is 23.7. The summed E-state index contributed by atoms with van der Waals surface area (Å²) in [6.45, 7) is 2.95. The third-order valence-corrected chi connectivity index (χ3v) is 4.87. The van der Waals surface area contributed by atoms with Crippen LogP contribution < -0.4 is 5.32 Å². The minimum absolute atomic E-state index is 0.0124. The first kappa shape index (κ1) is 25.3. The lowest BCUT2D eigenvalue weighted by Gasteiger charge is -2.28. The van der Waals surface area contributed by atoms with Crippen molar-refractivity contribution in [3.8, 4) is 0 Å². The van der Waals surface area contributed by atoms with E-state index in [-0.39, 0.29) is 24.7 Å². The van der Waals surface area contributed by atoms with Gasteiger partial charge in [0.1, 0.15) is 6.54 Å². The number of anilines is 1. The Morgan fingerprint density at radius 1 is 1.12 bits per heavy atom. The third-order valence-electron chi connectivity index (χ3n) is 4.87. The van der Waals surface area contributed by atoms with Gasteiger partial charge in [-0.25, -0.2) is 4.79 Å². The summed E-state index contributed by atoms with van der Waals surface area (Å²) in [5, 5.41) is 2.47. The van der Waals surface area contributed by atoms with Crippen molar-refractivity contribution in [1.82, 2.24) is 14.4 Å². The number of urea groups is 1. The van der Waals surface area contributed by atoms with E-state index in [1.54, 1.807) is 4.90 Å². The molecule has 2 rings (SSSR count). The van der Waals surface area contributed by atoms with Crippen LogP contribution in [-0.4, -0.2) is 59.7 Å². The number of hydrogen-bond acceptors (Lipinski definition) is 3. The van der Waals surface area contributed by atoms with Crippen LogP contribution in [0.4, 0.5) is 23.7 Å². The van der Waals surface area contributed by atoms with E-state index in [0.29, 0.717) is 26.1 Å². The molecular weight excluding hydrogens is 425 g/mol. The summed E-state index contributed by atoms with van der Waals surface area (Å²) >= 11 is 0. The standard InChI is InChI=1S/C22H29F3N4O3/c1-4-10-29(21(31)26-18-8-5-7-17(14-18)22(23,24)25)16-20(30)28(12-13-32-3)15-19-9-6-11-27(19)2/h5-9,11,14H,4,10,12-13,15-16H2,1-3H3,(H,26,31). The van der Waals surface area contributed by atoms with Gasteiger partial charge < -0.3 is 24.4 Å². The molecule has 2 aromatic rings. The first-order valence-corrected chi connectivity index (χ1v) is 10.3. The summed E-state index contributed by atoms with van der Waals surface area (Å²) < 4.78 is 45.8. The molecule has 7 nitrogen and oxygen atoms in total. The Labute approximate surface area is 185 Å². The number of nitrogens with one attached hydrogen (secondary N) is 1. The summed E-state index contributed by atoms with van der Waals surface area (Å²) in [6.07, 6.45) is -2.06.